The number of nitrogens with zero attached hydrogens (tertiary/aromatic N) is 2. The van der Waals surface area contributed by atoms with Crippen molar-refractivity contribution < 1.29 is 0 Å². The van der Waals surface area contributed by atoms with Crippen LogP contribution in [0.2, 0.25) is 0 Å². The van der Waals surface area contributed by atoms with E-state index in [0.29, 0.717) is 0 Å². The lowest BCUT2D eigenvalue weighted by Crippen LogP contribution is -1.88. The summed E-state index contributed by atoms with van der Waals surface area (Å²) in [6, 6.07) is 4.16. The molecule has 0 unspecified atom stereocenters. The standard InChI is InChI=1S/C9H9BrN2/c1-7-2-3-12-8(5-10)6-11-9(12)4-7/h2-4,6H,5H2,1H3. The van der Waals surface area contributed by atoms with Crippen LogP contribution in [0.15, 0.2) is 24.5 Å². The van der Waals surface area contributed by atoms with Crippen molar-refractivity contribution in [3.8, 4) is 0 Å². The Bertz CT molecular complexity index is 406. The SMILES string of the molecule is Cc1ccn2c(CBr)cnc2c1. The van der Waals surface area contributed by atoms with Gasteiger partial charge in [0.15, 0.2) is 0 Å². The van der Waals surface area contributed by atoms with Crippen LogP contribution in [0.25, 0.3) is 5.65 Å². The van der Waals surface area contributed by atoms with E-state index in [-0.39, 0.29) is 0 Å². The van der Waals surface area contributed by atoms with Crippen molar-refractivity contribution in [2.45, 2.75) is 12.3 Å². The minimum absolute atomic E-state index is 0.844. The van der Waals surface area contributed by atoms with Crippen molar-refractivity contribution in [1.82, 2.24) is 9.38 Å². The molecule has 0 radical (unpaired) electrons. The first kappa shape index (κ1) is 7.80. The van der Waals surface area contributed by atoms with Crippen molar-refractivity contribution in [3.63, 3.8) is 0 Å². The largest absolute Gasteiger partial charge is 0.303 e. The number of rotatable bonds is 1. The van der Waals surface area contributed by atoms with Crippen molar-refractivity contribution >= 4 is 21.6 Å². The third-order valence-corrected chi connectivity index (χ3v) is 2.46. The fraction of sp³-hybridized carbons (Fsp3) is 0.222. The van der Waals surface area contributed by atoms with Gasteiger partial charge >= 0.3 is 0 Å². The molecule has 0 aliphatic carbocycles. The van der Waals surface area contributed by atoms with Crippen molar-refractivity contribution in [2.24, 2.45) is 0 Å². The number of fused-ring (bicyclic) bond motifs is 1. The molecule has 3 heteroatoms. The minimum atomic E-state index is 0.844. The van der Waals surface area contributed by atoms with E-state index in [4.69, 9.17) is 0 Å². The molecule has 0 saturated heterocycles. The second-order valence-electron chi connectivity index (χ2n) is 2.82. The highest BCUT2D eigenvalue weighted by Gasteiger charge is 1.99. The summed E-state index contributed by atoms with van der Waals surface area (Å²) in [5.74, 6) is 0. The van der Waals surface area contributed by atoms with E-state index in [1.807, 2.05) is 12.4 Å². The molecular formula is C9H9BrN2. The van der Waals surface area contributed by atoms with Crippen molar-refractivity contribution in [1.29, 1.82) is 0 Å². The molecule has 0 spiro atoms. The number of hydrogen-bond acceptors (Lipinski definition) is 1. The van der Waals surface area contributed by atoms with E-state index in [1.165, 1.54) is 11.3 Å². The van der Waals surface area contributed by atoms with Gasteiger partial charge in [0.2, 0.25) is 0 Å². The van der Waals surface area contributed by atoms with Gasteiger partial charge in [0.1, 0.15) is 5.65 Å². The molecule has 0 fully saturated rings. The van der Waals surface area contributed by atoms with E-state index < -0.39 is 0 Å². The smallest absolute Gasteiger partial charge is 0.137 e. The molecule has 0 saturated carbocycles. The Labute approximate surface area is 79.4 Å². The predicted octanol–water partition coefficient (Wildman–Crippen LogP) is 2.54. The summed E-state index contributed by atoms with van der Waals surface area (Å²) in [7, 11) is 0. The van der Waals surface area contributed by atoms with Gasteiger partial charge in [-0.1, -0.05) is 15.9 Å². The number of pyridine rings is 1. The fourth-order valence-electron chi connectivity index (χ4n) is 1.23. The highest BCUT2D eigenvalue weighted by molar-refractivity contribution is 9.08. The van der Waals surface area contributed by atoms with E-state index in [0.717, 1.165) is 11.0 Å². The maximum atomic E-state index is 4.28. The van der Waals surface area contributed by atoms with Gasteiger partial charge in [-0.15, -0.1) is 0 Å². The summed E-state index contributed by atoms with van der Waals surface area (Å²) < 4.78 is 2.09. The maximum absolute atomic E-state index is 4.28. The maximum Gasteiger partial charge on any atom is 0.137 e. The van der Waals surface area contributed by atoms with Crippen LogP contribution in [0.1, 0.15) is 11.3 Å². The van der Waals surface area contributed by atoms with Gasteiger partial charge in [-0.3, -0.25) is 0 Å². The Morgan fingerprint density at radius 1 is 1.58 bits per heavy atom. The van der Waals surface area contributed by atoms with Crippen LogP contribution < -0.4 is 0 Å². The third-order valence-electron chi connectivity index (χ3n) is 1.88. The molecule has 0 amide bonds. The lowest BCUT2D eigenvalue weighted by molar-refractivity contribution is 1.09. The zero-order valence-electron chi connectivity index (χ0n) is 6.79. The van der Waals surface area contributed by atoms with Crippen LogP contribution >= 0.6 is 15.9 Å². The summed E-state index contributed by atoms with van der Waals surface area (Å²) in [5.41, 5.74) is 3.45. The van der Waals surface area contributed by atoms with Gasteiger partial charge in [-0.05, 0) is 24.6 Å². The Balaban J connectivity index is 2.73. The van der Waals surface area contributed by atoms with Gasteiger partial charge in [-0.2, -0.15) is 0 Å². The average Bonchev–Trinajstić information content (AvgIpc) is 2.46. The summed E-state index contributed by atoms with van der Waals surface area (Å²) in [6.45, 7) is 2.07. The Morgan fingerprint density at radius 3 is 3.17 bits per heavy atom. The lowest BCUT2D eigenvalue weighted by Gasteiger charge is -1.97. The molecule has 0 aliphatic rings. The topological polar surface area (TPSA) is 17.3 Å². The Kier molecular flexibility index (Phi) is 1.89. The molecular weight excluding hydrogens is 216 g/mol. The molecule has 62 valence electrons. The van der Waals surface area contributed by atoms with Crippen LogP contribution in [-0.4, -0.2) is 9.38 Å². The molecule has 2 aromatic heterocycles. The van der Waals surface area contributed by atoms with Gasteiger partial charge in [0, 0.05) is 11.5 Å². The van der Waals surface area contributed by atoms with Gasteiger partial charge in [0.25, 0.3) is 0 Å². The molecule has 0 atom stereocenters. The van der Waals surface area contributed by atoms with Gasteiger partial charge < -0.3 is 4.40 Å². The summed E-state index contributed by atoms with van der Waals surface area (Å²) in [5, 5.41) is 0.844. The molecule has 12 heavy (non-hydrogen) atoms. The number of aryl methyl sites for hydroxylation is 1. The summed E-state index contributed by atoms with van der Waals surface area (Å²) in [4.78, 5) is 4.28. The first-order valence-electron chi connectivity index (χ1n) is 3.80. The van der Waals surface area contributed by atoms with E-state index in [9.17, 15) is 0 Å². The molecule has 2 nitrogen and oxygen atoms in total. The van der Waals surface area contributed by atoms with E-state index in [1.54, 1.807) is 0 Å². The number of imidazole rings is 1. The molecule has 2 heterocycles. The molecule has 0 bridgehead atoms. The molecule has 0 N–H and O–H groups in total. The molecule has 0 aromatic carbocycles. The van der Waals surface area contributed by atoms with Crippen LogP contribution in [0.4, 0.5) is 0 Å². The predicted molar refractivity (Wildman–Crippen MR) is 52.6 cm³/mol. The van der Waals surface area contributed by atoms with Crippen molar-refractivity contribution in [3.05, 3.63) is 35.8 Å². The van der Waals surface area contributed by atoms with E-state index in [2.05, 4.69) is 44.4 Å². The average molecular weight is 225 g/mol. The number of aromatic nitrogens is 2. The van der Waals surface area contributed by atoms with Crippen LogP contribution in [-0.2, 0) is 5.33 Å². The van der Waals surface area contributed by atoms with E-state index >= 15 is 0 Å². The minimum Gasteiger partial charge on any atom is -0.303 e. The number of hydrogen-bond donors (Lipinski definition) is 0. The number of alkyl halides is 1. The molecule has 2 rings (SSSR count). The quantitative estimate of drug-likeness (QED) is 0.681. The Hall–Kier alpha value is -0.830. The van der Waals surface area contributed by atoms with Gasteiger partial charge in [0.05, 0.1) is 11.9 Å². The second kappa shape index (κ2) is 2.90. The van der Waals surface area contributed by atoms with Crippen LogP contribution in [0.5, 0.6) is 0 Å². The molecule has 0 aliphatic heterocycles. The van der Waals surface area contributed by atoms with Crippen molar-refractivity contribution in [2.75, 3.05) is 0 Å². The monoisotopic (exact) mass is 224 g/mol. The first-order valence-corrected chi connectivity index (χ1v) is 4.92. The fourth-order valence-corrected chi connectivity index (χ4v) is 1.65. The van der Waals surface area contributed by atoms with Crippen LogP contribution in [0, 0.1) is 6.92 Å². The first-order chi connectivity index (χ1) is 5.81. The van der Waals surface area contributed by atoms with Crippen LogP contribution in [0.3, 0.4) is 0 Å². The molecule has 2 aromatic rings. The normalized spacial score (nSPS) is 10.8. The summed E-state index contributed by atoms with van der Waals surface area (Å²) >= 11 is 3.42. The highest BCUT2D eigenvalue weighted by atomic mass is 79.9. The highest BCUT2D eigenvalue weighted by Crippen LogP contribution is 2.10. The third kappa shape index (κ3) is 1.14. The second-order valence-corrected chi connectivity index (χ2v) is 3.38. The zero-order chi connectivity index (χ0) is 8.55. The van der Waals surface area contributed by atoms with Gasteiger partial charge in [-0.25, -0.2) is 4.98 Å². The lowest BCUT2D eigenvalue weighted by atomic mass is 10.3. The zero-order valence-corrected chi connectivity index (χ0v) is 8.37. The number of halogens is 1. The Morgan fingerprint density at radius 2 is 2.42 bits per heavy atom. The summed E-state index contributed by atoms with van der Waals surface area (Å²) in [6.07, 6.45) is 3.94.